The number of aromatic nitrogens is 1. The molecule has 0 bridgehead atoms. The van der Waals surface area contributed by atoms with Crippen LogP contribution in [-0.4, -0.2) is 4.57 Å². The predicted molar refractivity (Wildman–Crippen MR) is 188 cm³/mol. The van der Waals surface area contributed by atoms with Gasteiger partial charge in [0.05, 0.1) is 11.0 Å². The number of fused-ring (bicyclic) bond motifs is 9. The summed E-state index contributed by atoms with van der Waals surface area (Å²) < 4.78 is 2.41. The van der Waals surface area contributed by atoms with Gasteiger partial charge in [-0.2, -0.15) is 0 Å². The van der Waals surface area contributed by atoms with Gasteiger partial charge in [0.2, 0.25) is 0 Å². The molecule has 0 radical (unpaired) electrons. The minimum absolute atomic E-state index is 1.14. The van der Waals surface area contributed by atoms with Crippen molar-refractivity contribution in [2.24, 2.45) is 0 Å². The molecule has 0 saturated heterocycles. The van der Waals surface area contributed by atoms with Gasteiger partial charge < -0.3 is 9.47 Å². The topological polar surface area (TPSA) is 8.17 Å². The van der Waals surface area contributed by atoms with E-state index in [1.54, 1.807) is 0 Å². The summed E-state index contributed by atoms with van der Waals surface area (Å²) in [5.74, 6) is 0. The van der Waals surface area contributed by atoms with Gasteiger partial charge in [-0.05, 0) is 99.0 Å². The Hall–Kier alpha value is -5.86. The standard InChI is InChI=1S/C42H28N2/c1-4-14-29(15-5-1)43(30-16-6-2-7-17-30)32-24-25-35-37(26-32)33-20-10-11-21-34(33)39-28-42-40(27-38(35)39)36-22-12-13-23-41(36)44(42)31-18-8-3-9-19-31/h1-28H. The highest BCUT2D eigenvalue weighted by molar-refractivity contribution is 6.29. The molecule has 0 fully saturated rings. The molecule has 9 rings (SSSR count). The van der Waals surface area contributed by atoms with Gasteiger partial charge in [-0.3, -0.25) is 0 Å². The molecule has 1 aromatic heterocycles. The van der Waals surface area contributed by atoms with Crippen LogP contribution in [0.25, 0.3) is 59.8 Å². The van der Waals surface area contributed by atoms with Crippen molar-refractivity contribution in [2.45, 2.75) is 0 Å². The van der Waals surface area contributed by atoms with Crippen molar-refractivity contribution in [1.29, 1.82) is 0 Å². The van der Waals surface area contributed by atoms with Gasteiger partial charge >= 0.3 is 0 Å². The maximum Gasteiger partial charge on any atom is 0.0547 e. The van der Waals surface area contributed by atoms with E-state index < -0.39 is 0 Å². The monoisotopic (exact) mass is 560 g/mol. The second-order valence-corrected chi connectivity index (χ2v) is 11.4. The van der Waals surface area contributed by atoms with E-state index in [2.05, 4.69) is 179 Å². The number of hydrogen-bond acceptors (Lipinski definition) is 1. The molecule has 9 aromatic rings. The average Bonchev–Trinajstić information content (AvgIpc) is 3.42. The maximum atomic E-state index is 2.42. The van der Waals surface area contributed by atoms with Crippen LogP contribution in [0.5, 0.6) is 0 Å². The molecule has 0 saturated carbocycles. The second kappa shape index (κ2) is 9.86. The Morgan fingerprint density at radius 2 is 0.795 bits per heavy atom. The van der Waals surface area contributed by atoms with E-state index in [-0.39, 0.29) is 0 Å². The molecule has 2 nitrogen and oxygen atoms in total. The van der Waals surface area contributed by atoms with Crippen LogP contribution in [0, 0.1) is 0 Å². The highest BCUT2D eigenvalue weighted by atomic mass is 15.1. The molecule has 0 N–H and O–H groups in total. The number of anilines is 3. The van der Waals surface area contributed by atoms with E-state index in [9.17, 15) is 0 Å². The molecule has 0 amide bonds. The van der Waals surface area contributed by atoms with Crippen molar-refractivity contribution >= 4 is 71.2 Å². The summed E-state index contributed by atoms with van der Waals surface area (Å²) >= 11 is 0. The van der Waals surface area contributed by atoms with E-state index in [1.807, 2.05) is 0 Å². The smallest absolute Gasteiger partial charge is 0.0547 e. The van der Waals surface area contributed by atoms with Crippen molar-refractivity contribution < 1.29 is 0 Å². The Kier molecular flexibility index (Phi) is 5.54. The molecule has 0 atom stereocenters. The summed E-state index contributed by atoms with van der Waals surface area (Å²) in [6.45, 7) is 0. The minimum Gasteiger partial charge on any atom is -0.310 e. The van der Waals surface area contributed by atoms with Crippen LogP contribution in [0.1, 0.15) is 0 Å². The summed E-state index contributed by atoms with van der Waals surface area (Å²) in [4.78, 5) is 2.34. The normalized spacial score (nSPS) is 11.6. The molecular formula is C42H28N2. The first-order chi connectivity index (χ1) is 21.8. The number of benzene rings is 8. The SMILES string of the molecule is c1ccc(N(c2ccccc2)c2ccc3c(c2)c2ccccc2c2cc4c(cc32)c2ccccc2n4-c2ccccc2)cc1. The minimum atomic E-state index is 1.14. The molecule has 44 heavy (non-hydrogen) atoms. The third-order valence-electron chi connectivity index (χ3n) is 8.91. The summed E-state index contributed by atoms with van der Waals surface area (Å²) in [6, 6.07) is 61.4. The van der Waals surface area contributed by atoms with Gasteiger partial charge in [0.25, 0.3) is 0 Å². The molecule has 0 aliphatic rings. The van der Waals surface area contributed by atoms with Gasteiger partial charge in [-0.1, -0.05) is 103 Å². The Labute approximate surface area is 255 Å². The van der Waals surface area contributed by atoms with Gasteiger partial charge in [0.15, 0.2) is 0 Å². The van der Waals surface area contributed by atoms with Crippen molar-refractivity contribution in [3.05, 3.63) is 170 Å². The Bertz CT molecular complexity index is 2440. The van der Waals surface area contributed by atoms with E-state index in [0.717, 1.165) is 17.1 Å². The van der Waals surface area contributed by atoms with Crippen LogP contribution < -0.4 is 4.90 Å². The summed E-state index contributed by atoms with van der Waals surface area (Å²) in [6.07, 6.45) is 0. The molecule has 0 spiro atoms. The molecule has 0 unspecified atom stereocenters. The zero-order valence-electron chi connectivity index (χ0n) is 24.1. The average molecular weight is 561 g/mol. The number of hydrogen-bond donors (Lipinski definition) is 0. The van der Waals surface area contributed by atoms with E-state index in [1.165, 1.54) is 59.8 Å². The van der Waals surface area contributed by atoms with Gasteiger partial charge in [0, 0.05) is 33.5 Å². The lowest BCUT2D eigenvalue weighted by Gasteiger charge is -2.26. The van der Waals surface area contributed by atoms with Gasteiger partial charge in [-0.25, -0.2) is 0 Å². The predicted octanol–water partition coefficient (Wildman–Crippen LogP) is 11.7. The van der Waals surface area contributed by atoms with Crippen LogP contribution >= 0.6 is 0 Å². The number of para-hydroxylation sites is 4. The third-order valence-corrected chi connectivity index (χ3v) is 8.91. The Morgan fingerprint density at radius 3 is 1.45 bits per heavy atom. The van der Waals surface area contributed by atoms with Gasteiger partial charge in [0.1, 0.15) is 0 Å². The van der Waals surface area contributed by atoms with Crippen LogP contribution in [0.2, 0.25) is 0 Å². The summed E-state index contributed by atoms with van der Waals surface area (Å²) in [7, 11) is 0. The zero-order valence-corrected chi connectivity index (χ0v) is 24.1. The third kappa shape index (κ3) is 3.75. The first kappa shape index (κ1) is 24.7. The fourth-order valence-electron chi connectivity index (χ4n) is 7.00. The fraction of sp³-hybridized carbons (Fsp3) is 0. The second-order valence-electron chi connectivity index (χ2n) is 11.4. The highest BCUT2D eigenvalue weighted by Gasteiger charge is 2.18. The van der Waals surface area contributed by atoms with E-state index in [0.29, 0.717) is 0 Å². The van der Waals surface area contributed by atoms with Crippen molar-refractivity contribution in [1.82, 2.24) is 4.57 Å². The molecule has 0 aliphatic heterocycles. The first-order valence-electron chi connectivity index (χ1n) is 15.1. The largest absolute Gasteiger partial charge is 0.310 e. The number of nitrogens with zero attached hydrogens (tertiary/aromatic N) is 2. The van der Waals surface area contributed by atoms with Crippen LogP contribution in [0.3, 0.4) is 0 Å². The highest BCUT2D eigenvalue weighted by Crippen LogP contribution is 2.43. The molecular weight excluding hydrogens is 532 g/mol. The molecule has 8 aromatic carbocycles. The summed E-state index contributed by atoms with van der Waals surface area (Å²) in [5.41, 5.74) is 7.04. The van der Waals surface area contributed by atoms with Crippen LogP contribution in [-0.2, 0) is 0 Å². The van der Waals surface area contributed by atoms with Crippen molar-refractivity contribution in [3.8, 4) is 5.69 Å². The lowest BCUT2D eigenvalue weighted by atomic mass is 9.92. The Balaban J connectivity index is 1.38. The molecule has 2 heteroatoms. The van der Waals surface area contributed by atoms with Crippen LogP contribution in [0.15, 0.2) is 170 Å². The summed E-state index contributed by atoms with van der Waals surface area (Å²) in [5, 5.41) is 10.1. The van der Waals surface area contributed by atoms with Crippen molar-refractivity contribution in [3.63, 3.8) is 0 Å². The quantitative estimate of drug-likeness (QED) is 0.194. The Morgan fingerprint density at radius 1 is 0.295 bits per heavy atom. The lowest BCUT2D eigenvalue weighted by Crippen LogP contribution is -2.09. The van der Waals surface area contributed by atoms with E-state index >= 15 is 0 Å². The zero-order chi connectivity index (χ0) is 29.0. The number of rotatable bonds is 4. The molecule has 1 heterocycles. The van der Waals surface area contributed by atoms with Gasteiger partial charge in [-0.15, -0.1) is 0 Å². The maximum absolute atomic E-state index is 2.42. The van der Waals surface area contributed by atoms with Crippen LogP contribution in [0.4, 0.5) is 17.1 Å². The first-order valence-corrected chi connectivity index (χ1v) is 15.1. The molecule has 0 aliphatic carbocycles. The fourth-order valence-corrected chi connectivity index (χ4v) is 7.00. The molecule has 206 valence electrons. The lowest BCUT2D eigenvalue weighted by molar-refractivity contribution is 1.18. The van der Waals surface area contributed by atoms with Crippen molar-refractivity contribution in [2.75, 3.05) is 4.90 Å². The van der Waals surface area contributed by atoms with E-state index in [4.69, 9.17) is 0 Å².